The Labute approximate surface area is 235 Å². The molecule has 37 heavy (non-hydrogen) atoms. The first-order valence-corrected chi connectivity index (χ1v) is 12.9. The van der Waals surface area contributed by atoms with Gasteiger partial charge in [-0.3, -0.25) is 9.98 Å². The number of nitrogens with zero attached hydrogens (tertiary/aromatic N) is 2. The summed E-state index contributed by atoms with van der Waals surface area (Å²) in [5, 5.41) is 26.2. The SMILES string of the molecule is CC(C)(C)c1cc(C=NCCN=Cc2cc(C(C)(C)C)cc(C(C)(C)C)c2[O-])c([O-])c(C(C)(C)C)c1.[Co+2]. The van der Waals surface area contributed by atoms with Gasteiger partial charge in [-0.25, -0.2) is 0 Å². The van der Waals surface area contributed by atoms with Crippen molar-refractivity contribution in [3.05, 3.63) is 57.6 Å². The van der Waals surface area contributed by atoms with Crippen LogP contribution in [0.2, 0.25) is 0 Å². The van der Waals surface area contributed by atoms with Gasteiger partial charge in [-0.15, -0.1) is 0 Å². The normalized spacial score (nSPS) is 13.4. The van der Waals surface area contributed by atoms with E-state index in [9.17, 15) is 10.2 Å². The van der Waals surface area contributed by atoms with Crippen LogP contribution >= 0.6 is 0 Å². The van der Waals surface area contributed by atoms with Gasteiger partial charge in [0.15, 0.2) is 0 Å². The summed E-state index contributed by atoms with van der Waals surface area (Å²) in [5.41, 5.74) is 4.50. The summed E-state index contributed by atoms with van der Waals surface area (Å²) in [5.74, 6) is 0.0694. The number of hydrogen-bond acceptors (Lipinski definition) is 4. The van der Waals surface area contributed by atoms with Crippen molar-refractivity contribution in [3.63, 3.8) is 0 Å². The molecule has 2 aromatic carbocycles. The second-order valence-electron chi connectivity index (χ2n) is 14.0. The van der Waals surface area contributed by atoms with Crippen LogP contribution in [-0.2, 0) is 38.4 Å². The van der Waals surface area contributed by atoms with E-state index in [1.807, 2.05) is 24.3 Å². The molecular formula is C32H46CoN2O2. The largest absolute Gasteiger partial charge is 2.00 e. The molecule has 0 aliphatic rings. The molecule has 5 heteroatoms. The van der Waals surface area contributed by atoms with E-state index in [-0.39, 0.29) is 49.9 Å². The summed E-state index contributed by atoms with van der Waals surface area (Å²) in [6.07, 6.45) is 3.36. The number of rotatable bonds is 5. The van der Waals surface area contributed by atoms with Crippen molar-refractivity contribution >= 4 is 12.4 Å². The first-order chi connectivity index (χ1) is 16.2. The predicted octanol–water partition coefficient (Wildman–Crippen LogP) is 6.56. The molecule has 2 aromatic rings. The van der Waals surface area contributed by atoms with Crippen LogP contribution < -0.4 is 10.2 Å². The van der Waals surface area contributed by atoms with Crippen molar-refractivity contribution in [2.75, 3.05) is 13.1 Å². The number of hydrogen-bond donors (Lipinski definition) is 0. The molecule has 0 aliphatic heterocycles. The van der Waals surface area contributed by atoms with Gasteiger partial charge >= 0.3 is 16.8 Å². The van der Waals surface area contributed by atoms with Crippen LogP contribution in [0.25, 0.3) is 0 Å². The fourth-order valence-corrected chi connectivity index (χ4v) is 3.92. The molecule has 0 saturated carbocycles. The van der Waals surface area contributed by atoms with Crippen LogP contribution in [0.3, 0.4) is 0 Å². The van der Waals surface area contributed by atoms with Crippen molar-refractivity contribution in [1.82, 2.24) is 0 Å². The molecule has 205 valence electrons. The minimum Gasteiger partial charge on any atom is -0.872 e. The zero-order valence-corrected chi connectivity index (χ0v) is 26.0. The minimum absolute atomic E-state index is 0. The predicted molar refractivity (Wildman–Crippen MR) is 151 cm³/mol. The molecule has 0 atom stereocenters. The third-order valence-electron chi connectivity index (χ3n) is 6.40. The number of aliphatic imine (C=N–C) groups is 2. The van der Waals surface area contributed by atoms with Crippen LogP contribution in [0.15, 0.2) is 34.3 Å². The van der Waals surface area contributed by atoms with E-state index in [0.29, 0.717) is 24.2 Å². The van der Waals surface area contributed by atoms with E-state index in [1.54, 1.807) is 12.4 Å². The summed E-state index contributed by atoms with van der Waals surface area (Å²) in [6.45, 7) is 26.2. The summed E-state index contributed by atoms with van der Waals surface area (Å²) in [4.78, 5) is 9.00. The summed E-state index contributed by atoms with van der Waals surface area (Å²) >= 11 is 0. The molecule has 0 saturated heterocycles. The van der Waals surface area contributed by atoms with Gasteiger partial charge in [-0.1, -0.05) is 119 Å². The van der Waals surface area contributed by atoms with Crippen LogP contribution in [0.1, 0.15) is 116 Å². The van der Waals surface area contributed by atoms with E-state index in [4.69, 9.17) is 0 Å². The zero-order valence-electron chi connectivity index (χ0n) is 24.9. The second kappa shape index (κ2) is 11.7. The molecule has 0 amide bonds. The minimum atomic E-state index is -0.241. The van der Waals surface area contributed by atoms with Gasteiger partial charge in [0.1, 0.15) is 0 Å². The maximum Gasteiger partial charge on any atom is 2.00 e. The molecule has 0 heterocycles. The Bertz CT molecular complexity index is 1040. The van der Waals surface area contributed by atoms with E-state index in [1.165, 1.54) is 0 Å². The van der Waals surface area contributed by atoms with Gasteiger partial charge in [-0.2, -0.15) is 0 Å². The first-order valence-electron chi connectivity index (χ1n) is 12.9. The average molecular weight is 550 g/mol. The quantitative estimate of drug-likeness (QED) is 0.313. The fourth-order valence-electron chi connectivity index (χ4n) is 3.92. The molecule has 0 bridgehead atoms. The van der Waals surface area contributed by atoms with Crippen molar-refractivity contribution < 1.29 is 27.0 Å². The number of benzene rings is 2. The van der Waals surface area contributed by atoms with E-state index in [0.717, 1.165) is 22.3 Å². The van der Waals surface area contributed by atoms with E-state index < -0.39 is 0 Å². The van der Waals surface area contributed by atoms with Gasteiger partial charge in [0.2, 0.25) is 0 Å². The Morgan fingerprint density at radius 2 is 0.838 bits per heavy atom. The van der Waals surface area contributed by atoms with E-state index >= 15 is 0 Å². The smallest absolute Gasteiger partial charge is 0.872 e. The van der Waals surface area contributed by atoms with Crippen molar-refractivity contribution in [1.29, 1.82) is 0 Å². The average Bonchev–Trinajstić information content (AvgIpc) is 2.69. The molecular weight excluding hydrogens is 503 g/mol. The summed E-state index contributed by atoms with van der Waals surface area (Å²) in [6, 6.07) is 8.00. The topological polar surface area (TPSA) is 70.8 Å². The molecule has 2 rings (SSSR count). The van der Waals surface area contributed by atoms with Crippen LogP contribution in [0, 0.1) is 0 Å². The fraction of sp³-hybridized carbons (Fsp3) is 0.562. The van der Waals surface area contributed by atoms with Crippen LogP contribution in [0.5, 0.6) is 11.5 Å². The van der Waals surface area contributed by atoms with Crippen LogP contribution in [0.4, 0.5) is 0 Å². The molecule has 0 aliphatic carbocycles. The maximum absolute atomic E-state index is 13.1. The molecule has 0 aromatic heterocycles. The van der Waals surface area contributed by atoms with Crippen molar-refractivity contribution in [3.8, 4) is 11.5 Å². The Hall–Kier alpha value is -2.11. The van der Waals surface area contributed by atoms with Gasteiger partial charge in [0.05, 0.1) is 13.1 Å². The Morgan fingerprint density at radius 3 is 1.08 bits per heavy atom. The Morgan fingerprint density at radius 1 is 0.541 bits per heavy atom. The van der Waals surface area contributed by atoms with Gasteiger partial charge in [-0.05, 0) is 55.0 Å². The molecule has 1 radical (unpaired) electrons. The van der Waals surface area contributed by atoms with E-state index in [2.05, 4.69) is 93.1 Å². The standard InChI is InChI=1S/C32H48N2O2.Co/c1-29(2,3)23-15-21(27(35)25(17-23)31(7,8)9)19-33-13-14-34-20-22-16-24(30(4,5)6)18-26(28(22)36)32(10,11)12;/h15-20,35-36H,13-14H2,1-12H3;/q;+2/p-2. The molecule has 4 nitrogen and oxygen atoms in total. The van der Waals surface area contributed by atoms with Gasteiger partial charge < -0.3 is 10.2 Å². The summed E-state index contributed by atoms with van der Waals surface area (Å²) in [7, 11) is 0. The molecule has 0 fully saturated rings. The van der Waals surface area contributed by atoms with Crippen LogP contribution in [-0.4, -0.2) is 25.5 Å². The monoisotopic (exact) mass is 549 g/mol. The zero-order chi connectivity index (χ0) is 27.7. The molecule has 0 unspecified atom stereocenters. The molecule has 0 spiro atoms. The second-order valence-corrected chi connectivity index (χ2v) is 14.0. The maximum atomic E-state index is 13.1. The van der Waals surface area contributed by atoms with Crippen molar-refractivity contribution in [2.24, 2.45) is 9.98 Å². The Balaban J connectivity index is 0.00000684. The third kappa shape index (κ3) is 8.71. The first kappa shape index (κ1) is 32.9. The van der Waals surface area contributed by atoms with Gasteiger partial charge in [0.25, 0.3) is 0 Å². The van der Waals surface area contributed by atoms with Gasteiger partial charge in [0, 0.05) is 12.4 Å². The summed E-state index contributed by atoms with van der Waals surface area (Å²) < 4.78 is 0. The Kier molecular flexibility index (Phi) is 10.4. The van der Waals surface area contributed by atoms with Crippen molar-refractivity contribution in [2.45, 2.75) is 105 Å². The molecule has 0 N–H and O–H groups in total. The third-order valence-corrected chi connectivity index (χ3v) is 6.40.